The van der Waals surface area contributed by atoms with Crippen molar-refractivity contribution in [3.8, 4) is 0 Å². The summed E-state index contributed by atoms with van der Waals surface area (Å²) in [5.74, 6) is 0. The first-order chi connectivity index (χ1) is 7.69. The lowest BCUT2D eigenvalue weighted by molar-refractivity contribution is 0.282. The first kappa shape index (κ1) is 11.5. The Labute approximate surface area is 104 Å². The Morgan fingerprint density at radius 2 is 2.00 bits per heavy atom. The number of hydrogen-bond acceptors (Lipinski definition) is 1. The molecule has 0 aliphatic rings. The summed E-state index contributed by atoms with van der Waals surface area (Å²) in [4.78, 5) is 0. The lowest BCUT2D eigenvalue weighted by atomic mass is 10.2. The van der Waals surface area contributed by atoms with Crippen LogP contribution in [0.4, 0.5) is 0 Å². The van der Waals surface area contributed by atoms with Crippen molar-refractivity contribution in [1.29, 1.82) is 0 Å². The highest BCUT2D eigenvalue weighted by atomic mass is 35.5. The van der Waals surface area contributed by atoms with Gasteiger partial charge in [0, 0.05) is 29.0 Å². The zero-order chi connectivity index (χ0) is 11.5. The van der Waals surface area contributed by atoms with E-state index >= 15 is 0 Å². The van der Waals surface area contributed by atoms with Crippen molar-refractivity contribution in [2.45, 2.75) is 13.2 Å². The van der Waals surface area contributed by atoms with Gasteiger partial charge in [-0.1, -0.05) is 29.3 Å². The standard InChI is InChI=1S/C12H11Cl2NO/c13-11-2-1-10(12(14)5-11)7-15-4-3-9(6-15)8-16/h1-6,16H,7-8H2. The van der Waals surface area contributed by atoms with Gasteiger partial charge >= 0.3 is 0 Å². The van der Waals surface area contributed by atoms with Gasteiger partial charge in [0.15, 0.2) is 0 Å². The third-order valence-electron chi connectivity index (χ3n) is 2.36. The number of rotatable bonds is 3. The third kappa shape index (κ3) is 2.59. The molecule has 0 bridgehead atoms. The molecule has 1 N–H and O–H groups in total. The molecule has 84 valence electrons. The molecule has 0 saturated carbocycles. The maximum absolute atomic E-state index is 8.95. The molecule has 0 aliphatic carbocycles. The summed E-state index contributed by atoms with van der Waals surface area (Å²) >= 11 is 11.9. The van der Waals surface area contributed by atoms with Crippen LogP contribution < -0.4 is 0 Å². The van der Waals surface area contributed by atoms with E-state index in [1.54, 1.807) is 6.07 Å². The SMILES string of the molecule is OCc1ccn(Cc2ccc(Cl)cc2Cl)c1. The summed E-state index contributed by atoms with van der Waals surface area (Å²) < 4.78 is 1.97. The fourth-order valence-corrected chi connectivity index (χ4v) is 2.00. The molecule has 0 unspecified atom stereocenters. The second kappa shape index (κ2) is 4.91. The number of hydrogen-bond donors (Lipinski definition) is 1. The van der Waals surface area contributed by atoms with E-state index in [1.165, 1.54) is 0 Å². The predicted octanol–water partition coefficient (Wildman–Crippen LogP) is 3.34. The van der Waals surface area contributed by atoms with Gasteiger partial charge in [-0.05, 0) is 29.3 Å². The zero-order valence-electron chi connectivity index (χ0n) is 8.53. The van der Waals surface area contributed by atoms with E-state index < -0.39 is 0 Å². The summed E-state index contributed by atoms with van der Waals surface area (Å²) in [6.45, 7) is 0.733. The summed E-state index contributed by atoms with van der Waals surface area (Å²) in [7, 11) is 0. The summed E-state index contributed by atoms with van der Waals surface area (Å²) in [6, 6.07) is 7.33. The Morgan fingerprint density at radius 3 is 2.62 bits per heavy atom. The van der Waals surface area contributed by atoms with Gasteiger partial charge in [0.05, 0.1) is 6.61 Å². The van der Waals surface area contributed by atoms with Crippen molar-refractivity contribution in [2.24, 2.45) is 0 Å². The number of aliphatic hydroxyl groups excluding tert-OH is 1. The van der Waals surface area contributed by atoms with Gasteiger partial charge in [0.25, 0.3) is 0 Å². The van der Waals surface area contributed by atoms with Crippen LogP contribution in [-0.4, -0.2) is 9.67 Å². The van der Waals surface area contributed by atoms with Crippen LogP contribution in [0.1, 0.15) is 11.1 Å². The van der Waals surface area contributed by atoms with Gasteiger partial charge in [-0.25, -0.2) is 0 Å². The van der Waals surface area contributed by atoms with Crippen LogP contribution in [0.5, 0.6) is 0 Å². The molecule has 1 aromatic heterocycles. The zero-order valence-corrected chi connectivity index (χ0v) is 10.0. The highest BCUT2D eigenvalue weighted by Gasteiger charge is 2.02. The van der Waals surface area contributed by atoms with Crippen LogP contribution in [-0.2, 0) is 13.2 Å². The van der Waals surface area contributed by atoms with Gasteiger partial charge in [-0.2, -0.15) is 0 Å². The smallest absolute Gasteiger partial charge is 0.0696 e. The van der Waals surface area contributed by atoms with Crippen LogP contribution in [0.3, 0.4) is 0 Å². The molecule has 2 rings (SSSR count). The van der Waals surface area contributed by atoms with Gasteiger partial charge < -0.3 is 9.67 Å². The average molecular weight is 256 g/mol. The van der Waals surface area contributed by atoms with E-state index in [9.17, 15) is 0 Å². The third-order valence-corrected chi connectivity index (χ3v) is 2.95. The molecule has 0 aliphatic heterocycles. The fraction of sp³-hybridized carbons (Fsp3) is 0.167. The number of nitrogens with zero attached hydrogens (tertiary/aromatic N) is 1. The molecule has 0 atom stereocenters. The van der Waals surface area contributed by atoms with E-state index in [4.69, 9.17) is 28.3 Å². The Morgan fingerprint density at radius 1 is 1.19 bits per heavy atom. The van der Waals surface area contributed by atoms with Gasteiger partial charge in [0.1, 0.15) is 0 Å². The highest BCUT2D eigenvalue weighted by Crippen LogP contribution is 2.21. The topological polar surface area (TPSA) is 25.2 Å². The normalized spacial score (nSPS) is 10.7. The highest BCUT2D eigenvalue weighted by molar-refractivity contribution is 6.35. The average Bonchev–Trinajstić information content (AvgIpc) is 2.70. The van der Waals surface area contributed by atoms with E-state index in [0.29, 0.717) is 16.6 Å². The van der Waals surface area contributed by atoms with Gasteiger partial charge in [-0.15, -0.1) is 0 Å². The Bertz CT molecular complexity index is 494. The maximum Gasteiger partial charge on any atom is 0.0696 e. The van der Waals surface area contributed by atoms with E-state index in [-0.39, 0.29) is 6.61 Å². The molecule has 0 spiro atoms. The minimum Gasteiger partial charge on any atom is -0.392 e. The molecule has 4 heteroatoms. The number of aliphatic hydroxyl groups is 1. The Kier molecular flexibility index (Phi) is 3.54. The van der Waals surface area contributed by atoms with Crippen molar-refractivity contribution in [1.82, 2.24) is 4.57 Å². The van der Waals surface area contributed by atoms with Crippen LogP contribution in [0.25, 0.3) is 0 Å². The summed E-state index contributed by atoms with van der Waals surface area (Å²) in [5, 5.41) is 10.2. The molecule has 1 aromatic carbocycles. The Balaban J connectivity index is 2.20. The van der Waals surface area contributed by atoms with E-state index in [1.807, 2.05) is 35.2 Å². The van der Waals surface area contributed by atoms with Crippen molar-refractivity contribution in [2.75, 3.05) is 0 Å². The van der Waals surface area contributed by atoms with Gasteiger partial charge in [0.2, 0.25) is 0 Å². The van der Waals surface area contributed by atoms with Gasteiger partial charge in [-0.3, -0.25) is 0 Å². The Hall–Kier alpha value is -0.960. The molecule has 0 radical (unpaired) electrons. The number of aromatic nitrogens is 1. The molecule has 0 amide bonds. The molecule has 0 fully saturated rings. The second-order valence-electron chi connectivity index (χ2n) is 3.59. The van der Waals surface area contributed by atoms with E-state index in [2.05, 4.69) is 0 Å². The van der Waals surface area contributed by atoms with Crippen molar-refractivity contribution >= 4 is 23.2 Å². The van der Waals surface area contributed by atoms with Crippen molar-refractivity contribution in [3.05, 3.63) is 57.8 Å². The monoisotopic (exact) mass is 255 g/mol. The second-order valence-corrected chi connectivity index (χ2v) is 4.43. The summed E-state index contributed by atoms with van der Waals surface area (Å²) in [5.41, 5.74) is 1.90. The molecular weight excluding hydrogens is 245 g/mol. The van der Waals surface area contributed by atoms with Crippen LogP contribution >= 0.6 is 23.2 Å². The lowest BCUT2D eigenvalue weighted by Crippen LogP contribution is -1.97. The van der Waals surface area contributed by atoms with Crippen molar-refractivity contribution in [3.63, 3.8) is 0 Å². The largest absolute Gasteiger partial charge is 0.392 e. The molecule has 2 aromatic rings. The lowest BCUT2D eigenvalue weighted by Gasteiger charge is -2.05. The molecular formula is C12H11Cl2NO. The first-order valence-electron chi connectivity index (χ1n) is 4.88. The molecule has 0 saturated heterocycles. The number of benzene rings is 1. The molecule has 1 heterocycles. The van der Waals surface area contributed by atoms with Crippen LogP contribution in [0, 0.1) is 0 Å². The quantitative estimate of drug-likeness (QED) is 0.895. The summed E-state index contributed by atoms with van der Waals surface area (Å²) in [6.07, 6.45) is 3.81. The number of halogens is 2. The minimum absolute atomic E-state index is 0.0569. The maximum atomic E-state index is 8.95. The van der Waals surface area contributed by atoms with Crippen LogP contribution in [0.2, 0.25) is 10.0 Å². The van der Waals surface area contributed by atoms with E-state index in [0.717, 1.165) is 11.1 Å². The van der Waals surface area contributed by atoms with Crippen LogP contribution in [0.15, 0.2) is 36.7 Å². The first-order valence-corrected chi connectivity index (χ1v) is 5.64. The fourth-order valence-electron chi connectivity index (χ4n) is 1.53. The minimum atomic E-state index is 0.0569. The molecule has 16 heavy (non-hydrogen) atoms. The van der Waals surface area contributed by atoms with Crippen molar-refractivity contribution < 1.29 is 5.11 Å². The predicted molar refractivity (Wildman–Crippen MR) is 65.9 cm³/mol. The molecule has 2 nitrogen and oxygen atoms in total.